The quantitative estimate of drug-likeness (QED) is 0.322. The first kappa shape index (κ1) is 13.7. The molecule has 0 aromatic rings. The molecule has 0 aromatic heterocycles. The third-order valence-corrected chi connectivity index (χ3v) is 2.45. The van der Waals surface area contributed by atoms with Gasteiger partial charge in [0.1, 0.15) is 0 Å². The molecule has 0 unspecified atom stereocenters. The highest BCUT2D eigenvalue weighted by Gasteiger charge is 1.94. The first-order valence-electron chi connectivity index (χ1n) is 5.89. The number of allylic oxidation sites excluding steroid dienone is 1. The van der Waals surface area contributed by atoms with Gasteiger partial charge < -0.3 is 11.5 Å². The Labute approximate surface area is 88.7 Å². The number of unbranched alkanes of at least 4 members (excludes halogenated alkanes) is 7. The number of rotatable bonds is 10. The smallest absolute Gasteiger partial charge is 0.0520 e. The number of nitrogens with two attached hydrogens (primary N) is 2. The van der Waals surface area contributed by atoms with Gasteiger partial charge in [-0.2, -0.15) is 0 Å². The zero-order valence-electron chi connectivity index (χ0n) is 9.38. The average Bonchev–Trinajstić information content (AvgIpc) is 2.15. The zero-order chi connectivity index (χ0) is 10.6. The van der Waals surface area contributed by atoms with Gasteiger partial charge in [0.25, 0.3) is 0 Å². The van der Waals surface area contributed by atoms with E-state index in [-0.39, 0.29) is 6.17 Å². The minimum absolute atomic E-state index is 0.109. The Hall–Kier alpha value is -0.340. The lowest BCUT2D eigenvalue weighted by atomic mass is 10.1. The van der Waals surface area contributed by atoms with Crippen LogP contribution in [0.25, 0.3) is 0 Å². The first-order valence-corrected chi connectivity index (χ1v) is 5.89. The van der Waals surface area contributed by atoms with Crippen LogP contribution in [-0.2, 0) is 0 Å². The van der Waals surface area contributed by atoms with Crippen LogP contribution in [0.2, 0.25) is 0 Å². The maximum absolute atomic E-state index is 5.46. The van der Waals surface area contributed by atoms with Gasteiger partial charge >= 0.3 is 0 Å². The molecule has 0 bridgehead atoms. The van der Waals surface area contributed by atoms with Crippen molar-refractivity contribution >= 4 is 0 Å². The molecule has 0 saturated heterocycles. The van der Waals surface area contributed by atoms with Gasteiger partial charge in [-0.3, -0.25) is 0 Å². The molecule has 0 radical (unpaired) electrons. The summed E-state index contributed by atoms with van der Waals surface area (Å²) in [4.78, 5) is 0. The van der Waals surface area contributed by atoms with E-state index in [0.29, 0.717) is 0 Å². The van der Waals surface area contributed by atoms with Crippen LogP contribution in [0.1, 0.15) is 57.8 Å². The van der Waals surface area contributed by atoms with Crippen LogP contribution in [0.4, 0.5) is 0 Å². The normalized spacial score (nSPS) is 10.8. The van der Waals surface area contributed by atoms with Gasteiger partial charge in [-0.25, -0.2) is 0 Å². The third-order valence-electron chi connectivity index (χ3n) is 2.45. The summed E-state index contributed by atoms with van der Waals surface area (Å²) < 4.78 is 0. The maximum atomic E-state index is 5.46. The predicted molar refractivity (Wildman–Crippen MR) is 63.9 cm³/mol. The van der Waals surface area contributed by atoms with Gasteiger partial charge in [0.15, 0.2) is 0 Å². The topological polar surface area (TPSA) is 52.0 Å². The van der Waals surface area contributed by atoms with Crippen LogP contribution in [0.15, 0.2) is 12.7 Å². The van der Waals surface area contributed by atoms with Crippen molar-refractivity contribution in [1.82, 2.24) is 0 Å². The summed E-state index contributed by atoms with van der Waals surface area (Å²) >= 11 is 0. The van der Waals surface area contributed by atoms with E-state index in [1.54, 1.807) is 0 Å². The van der Waals surface area contributed by atoms with E-state index in [4.69, 9.17) is 11.5 Å². The fourth-order valence-corrected chi connectivity index (χ4v) is 1.55. The second-order valence-corrected chi connectivity index (χ2v) is 4.00. The van der Waals surface area contributed by atoms with Crippen LogP contribution in [0.5, 0.6) is 0 Å². The number of hydrogen-bond acceptors (Lipinski definition) is 2. The lowest BCUT2D eigenvalue weighted by Crippen LogP contribution is -2.29. The Balaban J connectivity index is 2.88. The molecule has 0 aliphatic rings. The minimum atomic E-state index is -0.109. The van der Waals surface area contributed by atoms with Crippen LogP contribution < -0.4 is 11.5 Å². The first-order chi connectivity index (χ1) is 6.77. The molecule has 0 aliphatic carbocycles. The molecule has 4 N–H and O–H groups in total. The lowest BCUT2D eigenvalue weighted by Gasteiger charge is -2.04. The van der Waals surface area contributed by atoms with E-state index in [9.17, 15) is 0 Å². The Morgan fingerprint density at radius 2 is 1.36 bits per heavy atom. The Morgan fingerprint density at radius 1 is 0.857 bits per heavy atom. The van der Waals surface area contributed by atoms with Crippen molar-refractivity contribution in [2.75, 3.05) is 0 Å². The van der Waals surface area contributed by atoms with E-state index >= 15 is 0 Å². The number of hydrogen-bond donors (Lipinski definition) is 2. The van der Waals surface area contributed by atoms with Gasteiger partial charge in [-0.1, -0.05) is 44.6 Å². The summed E-state index contributed by atoms with van der Waals surface area (Å²) in [6, 6.07) is 0. The summed E-state index contributed by atoms with van der Waals surface area (Å²) in [6.07, 6.45) is 13.2. The van der Waals surface area contributed by atoms with E-state index in [1.807, 2.05) is 6.08 Å². The fraction of sp³-hybridized carbons (Fsp3) is 0.833. The molecule has 2 heteroatoms. The van der Waals surface area contributed by atoms with Gasteiger partial charge in [0.05, 0.1) is 6.17 Å². The minimum Gasteiger partial charge on any atom is -0.316 e. The highest BCUT2D eigenvalue weighted by molar-refractivity contribution is 4.65. The maximum Gasteiger partial charge on any atom is 0.0520 e. The van der Waals surface area contributed by atoms with Crippen LogP contribution in [-0.4, -0.2) is 6.17 Å². The molecule has 0 fully saturated rings. The van der Waals surface area contributed by atoms with Crippen molar-refractivity contribution in [3.05, 3.63) is 12.7 Å². The highest BCUT2D eigenvalue weighted by Crippen LogP contribution is 2.09. The molecular weight excluding hydrogens is 172 g/mol. The second kappa shape index (κ2) is 10.7. The van der Waals surface area contributed by atoms with Crippen LogP contribution in [0, 0.1) is 0 Å². The molecule has 0 aliphatic heterocycles. The van der Waals surface area contributed by atoms with Crippen molar-refractivity contribution in [1.29, 1.82) is 0 Å². The molecule has 84 valence electrons. The summed E-state index contributed by atoms with van der Waals surface area (Å²) in [5.41, 5.74) is 10.9. The molecule has 0 rings (SSSR count). The summed E-state index contributed by atoms with van der Waals surface area (Å²) in [5, 5.41) is 0. The van der Waals surface area contributed by atoms with Crippen molar-refractivity contribution in [3.8, 4) is 0 Å². The van der Waals surface area contributed by atoms with Gasteiger partial charge in [0, 0.05) is 0 Å². The largest absolute Gasteiger partial charge is 0.316 e. The van der Waals surface area contributed by atoms with Gasteiger partial charge in [0.2, 0.25) is 0 Å². The molecular formula is C12H26N2. The molecule has 14 heavy (non-hydrogen) atoms. The van der Waals surface area contributed by atoms with E-state index in [1.165, 1.54) is 51.4 Å². The van der Waals surface area contributed by atoms with Gasteiger partial charge in [-0.15, -0.1) is 6.58 Å². The Morgan fingerprint density at radius 3 is 1.86 bits per heavy atom. The summed E-state index contributed by atoms with van der Waals surface area (Å²) in [6.45, 7) is 3.71. The summed E-state index contributed by atoms with van der Waals surface area (Å²) in [7, 11) is 0. The third kappa shape index (κ3) is 11.7. The van der Waals surface area contributed by atoms with Crippen LogP contribution >= 0.6 is 0 Å². The second-order valence-electron chi connectivity index (χ2n) is 4.00. The Bertz CT molecular complexity index is 121. The highest BCUT2D eigenvalue weighted by atomic mass is 14.8. The van der Waals surface area contributed by atoms with Crippen molar-refractivity contribution in [2.45, 2.75) is 64.0 Å². The molecule has 0 heterocycles. The van der Waals surface area contributed by atoms with Crippen molar-refractivity contribution in [2.24, 2.45) is 11.5 Å². The average molecular weight is 198 g/mol. The SMILES string of the molecule is C=CCCCCCCCCCC(N)N. The molecule has 2 nitrogen and oxygen atoms in total. The van der Waals surface area contributed by atoms with E-state index in [0.717, 1.165) is 6.42 Å². The molecule has 0 aromatic carbocycles. The summed E-state index contributed by atoms with van der Waals surface area (Å²) in [5.74, 6) is 0. The molecule has 0 spiro atoms. The van der Waals surface area contributed by atoms with Crippen LogP contribution in [0.3, 0.4) is 0 Å². The van der Waals surface area contributed by atoms with E-state index < -0.39 is 0 Å². The Kier molecular flexibility index (Phi) is 10.5. The predicted octanol–water partition coefficient (Wildman–Crippen LogP) is 2.93. The fourth-order valence-electron chi connectivity index (χ4n) is 1.55. The standard InChI is InChI=1S/C12H26N2/c1-2-3-4-5-6-7-8-9-10-11-12(13)14/h2,12H,1,3-11,13-14H2. The van der Waals surface area contributed by atoms with Crippen molar-refractivity contribution in [3.63, 3.8) is 0 Å². The zero-order valence-corrected chi connectivity index (χ0v) is 9.38. The van der Waals surface area contributed by atoms with Crippen molar-refractivity contribution < 1.29 is 0 Å². The van der Waals surface area contributed by atoms with E-state index in [2.05, 4.69) is 6.58 Å². The lowest BCUT2D eigenvalue weighted by molar-refractivity contribution is 0.535. The molecule has 0 saturated carbocycles. The molecule has 0 amide bonds. The molecule has 0 atom stereocenters. The van der Waals surface area contributed by atoms with Gasteiger partial charge in [-0.05, 0) is 19.3 Å². The monoisotopic (exact) mass is 198 g/mol.